The average Bonchev–Trinajstić information content (AvgIpc) is 3.27. The third-order valence-corrected chi connectivity index (χ3v) is 6.17. The lowest BCUT2D eigenvalue weighted by Crippen LogP contribution is -2.40. The van der Waals surface area contributed by atoms with Crippen molar-refractivity contribution in [3.63, 3.8) is 0 Å². The Morgan fingerprint density at radius 1 is 1.13 bits per heavy atom. The molecule has 1 N–H and O–H groups in total. The first kappa shape index (κ1) is 21.3. The maximum atomic E-state index is 13.2. The van der Waals surface area contributed by atoms with Gasteiger partial charge in [0, 0.05) is 24.2 Å². The summed E-state index contributed by atoms with van der Waals surface area (Å²) >= 11 is 0. The number of amides is 1. The highest BCUT2D eigenvalue weighted by Crippen LogP contribution is 2.20. The molecule has 0 bridgehead atoms. The molecule has 1 fully saturated rings. The molecule has 0 aliphatic carbocycles. The number of aromatic amines is 1. The van der Waals surface area contributed by atoms with Gasteiger partial charge in [0.25, 0.3) is 11.5 Å². The highest BCUT2D eigenvalue weighted by atomic mass is 16.5. The van der Waals surface area contributed by atoms with Crippen molar-refractivity contribution in [1.82, 2.24) is 9.88 Å². The van der Waals surface area contributed by atoms with E-state index < -0.39 is 6.10 Å². The normalized spacial score (nSPS) is 16.0. The number of ether oxygens (including phenoxy) is 1. The molecule has 31 heavy (non-hydrogen) atoms. The smallest absolute Gasteiger partial charge is 0.253 e. The maximum absolute atomic E-state index is 13.2. The number of aryl methyl sites for hydroxylation is 3. The van der Waals surface area contributed by atoms with Crippen molar-refractivity contribution in [2.45, 2.75) is 52.7 Å². The van der Waals surface area contributed by atoms with Crippen LogP contribution in [0.25, 0.3) is 10.9 Å². The topological polar surface area (TPSA) is 62.4 Å². The number of hydrogen-bond donors (Lipinski definition) is 1. The number of fused-ring (bicyclic) bond motifs is 1. The lowest BCUT2D eigenvalue weighted by molar-refractivity contribution is -0.141. The summed E-state index contributed by atoms with van der Waals surface area (Å²) in [5.74, 6) is -0.0234. The molecule has 1 aliphatic heterocycles. The zero-order valence-electron chi connectivity index (χ0n) is 18.5. The third-order valence-electron chi connectivity index (χ3n) is 6.17. The number of nitrogens with zero attached hydrogens (tertiary/aromatic N) is 1. The Kier molecular flexibility index (Phi) is 6.23. The van der Waals surface area contributed by atoms with Crippen LogP contribution in [0.4, 0.5) is 0 Å². The lowest BCUT2D eigenvalue weighted by atomic mass is 10.0. The Morgan fingerprint density at radius 2 is 1.94 bits per heavy atom. The number of carbonyl (C=O) groups is 1. The number of aromatic nitrogens is 1. The van der Waals surface area contributed by atoms with Crippen molar-refractivity contribution in [3.05, 3.63) is 80.6 Å². The monoisotopic (exact) mass is 418 g/mol. The molecule has 4 rings (SSSR count). The Bertz CT molecular complexity index is 1160. The molecule has 0 radical (unpaired) electrons. The predicted molar refractivity (Wildman–Crippen MR) is 123 cm³/mol. The number of carbonyl (C=O) groups excluding carboxylic acids is 1. The van der Waals surface area contributed by atoms with E-state index >= 15 is 0 Å². The molecule has 1 atom stereocenters. The second-order valence-corrected chi connectivity index (χ2v) is 8.65. The molecule has 0 saturated carbocycles. The van der Waals surface area contributed by atoms with E-state index in [9.17, 15) is 9.59 Å². The van der Waals surface area contributed by atoms with Crippen LogP contribution in [-0.4, -0.2) is 35.0 Å². The van der Waals surface area contributed by atoms with Crippen LogP contribution in [-0.2, 0) is 22.5 Å². The standard InChI is InChI=1S/C26H30N2O3/c1-17-6-4-7-20(12-17)9-10-28(26(30)24-8-5-11-31-24)16-22-15-21-13-18(2)19(3)14-23(21)27-25(22)29/h4,6-7,12-15,24H,5,8-11,16H2,1-3H3,(H,27,29)/t24-/m0/s1. The molecule has 5 nitrogen and oxygen atoms in total. The summed E-state index contributed by atoms with van der Waals surface area (Å²) in [6.45, 7) is 7.62. The fourth-order valence-electron chi connectivity index (χ4n) is 4.22. The van der Waals surface area contributed by atoms with Gasteiger partial charge in [-0.1, -0.05) is 29.8 Å². The van der Waals surface area contributed by atoms with Crippen LogP contribution in [0.15, 0.2) is 47.3 Å². The van der Waals surface area contributed by atoms with Gasteiger partial charge in [0.15, 0.2) is 0 Å². The number of benzene rings is 2. The molecule has 1 amide bonds. The number of hydrogen-bond acceptors (Lipinski definition) is 3. The summed E-state index contributed by atoms with van der Waals surface area (Å²) in [7, 11) is 0. The first-order chi connectivity index (χ1) is 14.9. The minimum Gasteiger partial charge on any atom is -0.368 e. The van der Waals surface area contributed by atoms with Crippen molar-refractivity contribution in [3.8, 4) is 0 Å². The van der Waals surface area contributed by atoms with Gasteiger partial charge in [0.1, 0.15) is 6.10 Å². The molecule has 1 saturated heterocycles. The van der Waals surface area contributed by atoms with Crippen molar-refractivity contribution >= 4 is 16.8 Å². The fraction of sp³-hybridized carbons (Fsp3) is 0.385. The summed E-state index contributed by atoms with van der Waals surface area (Å²) in [5, 5.41) is 0.987. The third kappa shape index (κ3) is 4.88. The van der Waals surface area contributed by atoms with Crippen molar-refractivity contribution in [2.24, 2.45) is 0 Å². The van der Waals surface area contributed by atoms with Gasteiger partial charge >= 0.3 is 0 Å². The van der Waals surface area contributed by atoms with Gasteiger partial charge in [0.05, 0.1) is 6.54 Å². The maximum Gasteiger partial charge on any atom is 0.253 e. The van der Waals surface area contributed by atoms with Gasteiger partial charge < -0.3 is 14.6 Å². The molecular weight excluding hydrogens is 388 g/mol. The lowest BCUT2D eigenvalue weighted by Gasteiger charge is -2.25. The Balaban J connectivity index is 1.61. The van der Waals surface area contributed by atoms with E-state index in [2.05, 4.69) is 43.1 Å². The summed E-state index contributed by atoms with van der Waals surface area (Å²) < 4.78 is 5.66. The Labute approximate surface area is 183 Å². The predicted octanol–water partition coefficient (Wildman–Crippen LogP) is 4.20. The summed E-state index contributed by atoms with van der Waals surface area (Å²) in [5.41, 5.74) is 5.99. The highest BCUT2D eigenvalue weighted by Gasteiger charge is 2.28. The van der Waals surface area contributed by atoms with Gasteiger partial charge in [-0.2, -0.15) is 0 Å². The number of H-pyrrole nitrogens is 1. The van der Waals surface area contributed by atoms with Crippen LogP contribution < -0.4 is 5.56 Å². The zero-order valence-corrected chi connectivity index (χ0v) is 18.5. The molecule has 1 aromatic heterocycles. The molecule has 1 aliphatic rings. The SMILES string of the molecule is Cc1cccc(CCN(Cc2cc3cc(C)c(C)cc3[nH]c2=O)C(=O)[C@@H]2CCCO2)c1. The number of pyridine rings is 1. The second-order valence-electron chi connectivity index (χ2n) is 8.65. The van der Waals surface area contributed by atoms with Gasteiger partial charge in [-0.05, 0) is 80.3 Å². The Morgan fingerprint density at radius 3 is 2.68 bits per heavy atom. The zero-order chi connectivity index (χ0) is 22.0. The van der Waals surface area contributed by atoms with Crippen molar-refractivity contribution in [1.29, 1.82) is 0 Å². The van der Waals surface area contributed by atoms with E-state index in [-0.39, 0.29) is 18.0 Å². The highest BCUT2D eigenvalue weighted by molar-refractivity contribution is 5.82. The van der Waals surface area contributed by atoms with Gasteiger partial charge in [-0.25, -0.2) is 0 Å². The van der Waals surface area contributed by atoms with Crippen LogP contribution >= 0.6 is 0 Å². The van der Waals surface area contributed by atoms with Gasteiger partial charge in [-0.3, -0.25) is 9.59 Å². The second kappa shape index (κ2) is 9.06. The minimum absolute atomic E-state index is 0.0234. The van der Waals surface area contributed by atoms with Crippen LogP contribution in [0.5, 0.6) is 0 Å². The first-order valence-electron chi connectivity index (χ1n) is 11.0. The van der Waals surface area contributed by atoms with Crippen LogP contribution in [0, 0.1) is 20.8 Å². The van der Waals surface area contributed by atoms with E-state index in [1.807, 2.05) is 25.1 Å². The van der Waals surface area contributed by atoms with E-state index in [1.165, 1.54) is 16.7 Å². The molecule has 5 heteroatoms. The molecule has 2 heterocycles. The quantitative estimate of drug-likeness (QED) is 0.652. The van der Waals surface area contributed by atoms with E-state index in [4.69, 9.17) is 4.74 Å². The van der Waals surface area contributed by atoms with E-state index in [0.29, 0.717) is 18.7 Å². The molecule has 3 aromatic rings. The summed E-state index contributed by atoms with van der Waals surface area (Å²) in [6.07, 6.45) is 1.98. The first-order valence-corrected chi connectivity index (χ1v) is 11.0. The summed E-state index contributed by atoms with van der Waals surface area (Å²) in [6, 6.07) is 14.3. The molecule has 0 spiro atoms. The number of rotatable bonds is 6. The van der Waals surface area contributed by atoms with Crippen LogP contribution in [0.2, 0.25) is 0 Å². The van der Waals surface area contributed by atoms with Crippen molar-refractivity contribution in [2.75, 3.05) is 13.2 Å². The molecule has 162 valence electrons. The molecular formula is C26H30N2O3. The van der Waals surface area contributed by atoms with Gasteiger partial charge in [-0.15, -0.1) is 0 Å². The Hall–Kier alpha value is -2.92. The van der Waals surface area contributed by atoms with Crippen LogP contribution in [0.3, 0.4) is 0 Å². The van der Waals surface area contributed by atoms with Crippen molar-refractivity contribution < 1.29 is 9.53 Å². The van der Waals surface area contributed by atoms with Gasteiger partial charge in [0.2, 0.25) is 0 Å². The minimum atomic E-state index is -0.401. The van der Waals surface area contributed by atoms with E-state index in [1.54, 1.807) is 4.90 Å². The summed E-state index contributed by atoms with van der Waals surface area (Å²) in [4.78, 5) is 30.8. The average molecular weight is 419 g/mol. The van der Waals surface area contributed by atoms with Crippen LogP contribution in [0.1, 0.15) is 40.7 Å². The molecule has 0 unspecified atom stereocenters. The molecule has 2 aromatic carbocycles. The fourth-order valence-corrected chi connectivity index (χ4v) is 4.22. The number of nitrogens with one attached hydrogen (secondary N) is 1. The van der Waals surface area contributed by atoms with E-state index in [0.717, 1.165) is 35.7 Å². The largest absolute Gasteiger partial charge is 0.368 e.